The van der Waals surface area contributed by atoms with Gasteiger partial charge in [-0.3, -0.25) is 9.59 Å². The van der Waals surface area contributed by atoms with Crippen LogP contribution in [0.4, 0.5) is 15.3 Å². The van der Waals surface area contributed by atoms with Crippen molar-refractivity contribution in [3.8, 4) is 0 Å². The minimum atomic E-state index is -0.324. The lowest BCUT2D eigenvalue weighted by atomic mass is 10.3. The summed E-state index contributed by atoms with van der Waals surface area (Å²) in [6.45, 7) is 0. The lowest BCUT2D eigenvalue weighted by molar-refractivity contribution is 0.255. The van der Waals surface area contributed by atoms with Crippen molar-refractivity contribution in [3.05, 3.63) is 30.3 Å². The highest BCUT2D eigenvalue weighted by molar-refractivity contribution is 8.14. The van der Waals surface area contributed by atoms with Gasteiger partial charge in [0.25, 0.3) is 0 Å². The standard InChI is InChI=1S/C12H17N3O2S2/c1-13(2)18-11(16)15(12(17)19-14(3)4)10-8-6-5-7-9-10/h5-9H,1-4H3. The van der Waals surface area contributed by atoms with Crippen LogP contribution in [0.5, 0.6) is 0 Å². The third-order valence-corrected chi connectivity index (χ3v) is 3.31. The topological polar surface area (TPSA) is 43.9 Å². The van der Waals surface area contributed by atoms with Crippen LogP contribution in [-0.4, -0.2) is 47.3 Å². The van der Waals surface area contributed by atoms with Crippen LogP contribution < -0.4 is 4.90 Å². The molecule has 104 valence electrons. The Morgan fingerprint density at radius 3 is 1.63 bits per heavy atom. The van der Waals surface area contributed by atoms with Crippen LogP contribution in [0.1, 0.15) is 0 Å². The summed E-state index contributed by atoms with van der Waals surface area (Å²) in [5.41, 5.74) is 0.571. The summed E-state index contributed by atoms with van der Waals surface area (Å²) in [6.07, 6.45) is 0. The molecule has 1 aromatic rings. The number of nitrogens with zero attached hydrogens (tertiary/aromatic N) is 3. The van der Waals surface area contributed by atoms with Gasteiger partial charge in [0.2, 0.25) is 0 Å². The van der Waals surface area contributed by atoms with E-state index in [-0.39, 0.29) is 10.5 Å². The highest BCUT2D eigenvalue weighted by Gasteiger charge is 2.25. The summed E-state index contributed by atoms with van der Waals surface area (Å²) in [7, 11) is 7.04. The van der Waals surface area contributed by atoms with Gasteiger partial charge in [-0.15, -0.1) is 0 Å². The zero-order valence-corrected chi connectivity index (χ0v) is 13.0. The monoisotopic (exact) mass is 299 g/mol. The summed E-state index contributed by atoms with van der Waals surface area (Å²) in [5.74, 6) is 0. The quantitative estimate of drug-likeness (QED) is 0.799. The first-order valence-corrected chi connectivity index (χ1v) is 7.10. The molecule has 1 rings (SSSR count). The Balaban J connectivity index is 2.97. The van der Waals surface area contributed by atoms with Crippen molar-refractivity contribution >= 4 is 40.1 Å². The molecule has 2 amide bonds. The first-order valence-electron chi connectivity index (χ1n) is 5.55. The summed E-state index contributed by atoms with van der Waals surface area (Å²) < 4.78 is 3.32. The maximum Gasteiger partial charge on any atom is 0.308 e. The van der Waals surface area contributed by atoms with Crippen molar-refractivity contribution in [2.75, 3.05) is 33.1 Å². The molecule has 0 atom stereocenters. The number of anilines is 1. The molecule has 0 aliphatic heterocycles. The molecule has 0 radical (unpaired) electrons. The van der Waals surface area contributed by atoms with E-state index in [1.807, 2.05) is 6.07 Å². The Bertz CT molecular complexity index is 416. The number of benzene rings is 1. The maximum atomic E-state index is 12.2. The van der Waals surface area contributed by atoms with Gasteiger partial charge in [-0.2, -0.15) is 0 Å². The Hall–Kier alpha value is -1.02. The predicted molar refractivity (Wildman–Crippen MR) is 82.3 cm³/mol. The smallest absolute Gasteiger partial charge is 0.259 e. The third-order valence-electron chi connectivity index (χ3n) is 1.90. The Morgan fingerprint density at radius 2 is 1.26 bits per heavy atom. The van der Waals surface area contributed by atoms with Gasteiger partial charge in [-0.25, -0.2) is 13.5 Å². The van der Waals surface area contributed by atoms with Crippen LogP contribution >= 0.6 is 23.9 Å². The maximum absolute atomic E-state index is 12.2. The number of imide groups is 1. The number of rotatable bonds is 3. The molecule has 0 saturated heterocycles. The summed E-state index contributed by atoms with van der Waals surface area (Å²) >= 11 is 1.96. The molecular weight excluding hydrogens is 282 g/mol. The second-order valence-corrected chi connectivity index (χ2v) is 6.53. The predicted octanol–water partition coefficient (Wildman–Crippen LogP) is 3.15. The molecule has 0 saturated carbocycles. The van der Waals surface area contributed by atoms with Gasteiger partial charge in [-0.1, -0.05) is 18.2 Å². The largest absolute Gasteiger partial charge is 0.308 e. The van der Waals surface area contributed by atoms with E-state index in [0.717, 1.165) is 23.9 Å². The molecule has 0 fully saturated rings. The number of carbonyl (C=O) groups excluding carboxylic acids is 2. The second-order valence-electron chi connectivity index (χ2n) is 4.01. The van der Waals surface area contributed by atoms with E-state index in [1.165, 1.54) is 4.90 Å². The second kappa shape index (κ2) is 7.54. The van der Waals surface area contributed by atoms with Gasteiger partial charge < -0.3 is 0 Å². The molecule has 19 heavy (non-hydrogen) atoms. The van der Waals surface area contributed by atoms with E-state index >= 15 is 0 Å². The van der Waals surface area contributed by atoms with E-state index < -0.39 is 0 Å². The van der Waals surface area contributed by atoms with Crippen LogP contribution in [0.15, 0.2) is 30.3 Å². The van der Waals surface area contributed by atoms with Gasteiger partial charge in [-0.05, 0) is 40.3 Å². The van der Waals surface area contributed by atoms with E-state index in [0.29, 0.717) is 5.69 Å². The van der Waals surface area contributed by atoms with Crippen LogP contribution in [-0.2, 0) is 0 Å². The van der Waals surface area contributed by atoms with Crippen molar-refractivity contribution in [2.45, 2.75) is 0 Å². The minimum absolute atomic E-state index is 0.324. The van der Waals surface area contributed by atoms with Crippen LogP contribution in [0.2, 0.25) is 0 Å². The number of hydrogen-bond acceptors (Lipinski definition) is 6. The molecular formula is C12H17N3O2S2. The fourth-order valence-corrected chi connectivity index (χ4v) is 2.48. The lowest BCUT2D eigenvalue weighted by Crippen LogP contribution is -2.34. The van der Waals surface area contributed by atoms with Crippen molar-refractivity contribution in [3.63, 3.8) is 0 Å². The SMILES string of the molecule is CN(C)SC(=O)N(C(=O)SN(C)C)c1ccccc1. The van der Waals surface area contributed by atoms with E-state index in [4.69, 9.17) is 0 Å². The van der Waals surface area contributed by atoms with Crippen molar-refractivity contribution in [1.82, 2.24) is 8.61 Å². The molecule has 0 bridgehead atoms. The fraction of sp³-hybridized carbons (Fsp3) is 0.333. The zero-order valence-electron chi connectivity index (χ0n) is 11.4. The first kappa shape index (κ1) is 16.0. The minimum Gasteiger partial charge on any atom is -0.259 e. The lowest BCUT2D eigenvalue weighted by Gasteiger charge is -2.22. The number of hydrogen-bond donors (Lipinski definition) is 0. The van der Waals surface area contributed by atoms with Gasteiger partial charge >= 0.3 is 10.5 Å². The normalized spacial score (nSPS) is 10.8. The van der Waals surface area contributed by atoms with E-state index in [1.54, 1.807) is 61.1 Å². The fourth-order valence-electron chi connectivity index (χ4n) is 1.26. The average Bonchev–Trinajstić information content (AvgIpc) is 2.28. The Labute approximate surface area is 122 Å². The van der Waals surface area contributed by atoms with E-state index in [9.17, 15) is 9.59 Å². The van der Waals surface area contributed by atoms with Gasteiger partial charge in [0, 0.05) is 23.9 Å². The molecule has 7 heteroatoms. The molecule has 0 aliphatic rings. The van der Waals surface area contributed by atoms with Gasteiger partial charge in [0.15, 0.2) is 0 Å². The molecule has 0 aliphatic carbocycles. The number of para-hydroxylation sites is 1. The highest BCUT2D eigenvalue weighted by Crippen LogP contribution is 2.24. The van der Waals surface area contributed by atoms with Crippen molar-refractivity contribution in [1.29, 1.82) is 0 Å². The summed E-state index contributed by atoms with van der Waals surface area (Å²) in [5, 5.41) is -0.647. The van der Waals surface area contributed by atoms with Crippen molar-refractivity contribution in [2.24, 2.45) is 0 Å². The third kappa shape index (κ3) is 5.23. The first-order chi connectivity index (χ1) is 8.91. The van der Waals surface area contributed by atoms with Crippen molar-refractivity contribution < 1.29 is 9.59 Å². The molecule has 1 aromatic carbocycles. The summed E-state index contributed by atoms with van der Waals surface area (Å²) in [4.78, 5) is 25.5. The van der Waals surface area contributed by atoms with Gasteiger partial charge in [0.1, 0.15) is 0 Å². The zero-order chi connectivity index (χ0) is 14.4. The van der Waals surface area contributed by atoms with Crippen LogP contribution in [0, 0.1) is 0 Å². The van der Waals surface area contributed by atoms with Crippen LogP contribution in [0.3, 0.4) is 0 Å². The highest BCUT2D eigenvalue weighted by atomic mass is 32.2. The number of carbonyl (C=O) groups is 2. The molecule has 0 spiro atoms. The molecule has 5 nitrogen and oxygen atoms in total. The average molecular weight is 299 g/mol. The molecule has 0 unspecified atom stereocenters. The summed E-state index contributed by atoms with van der Waals surface area (Å²) in [6, 6.07) is 8.91. The van der Waals surface area contributed by atoms with E-state index in [2.05, 4.69) is 0 Å². The molecule has 0 aromatic heterocycles. The Morgan fingerprint density at radius 1 is 0.842 bits per heavy atom. The number of amides is 2. The Kier molecular flexibility index (Phi) is 6.36. The van der Waals surface area contributed by atoms with Gasteiger partial charge in [0.05, 0.1) is 5.69 Å². The van der Waals surface area contributed by atoms with Crippen LogP contribution in [0.25, 0.3) is 0 Å². The molecule has 0 heterocycles. The molecule has 0 N–H and O–H groups in total.